The lowest BCUT2D eigenvalue weighted by atomic mass is 9.89. The molecule has 2 atom stereocenters. The molecule has 0 saturated carbocycles. The number of hydrogen-bond acceptors (Lipinski definition) is 3. The molecule has 0 fully saturated rings. The van der Waals surface area contributed by atoms with Crippen molar-refractivity contribution in [2.75, 3.05) is 0 Å². The minimum Gasteiger partial charge on any atom is -0.324 e. The molecule has 2 aromatic rings. The summed E-state index contributed by atoms with van der Waals surface area (Å²) in [6.07, 6.45) is 2.17. The first kappa shape index (κ1) is 22.5. The molecule has 0 radical (unpaired) electrons. The molecule has 0 saturated heterocycles. The SMILES string of the molecule is CCC[C@@](C)(N)[C@H](c1ccc(Sc2cccc(CC)c2)cc1Cl)P(=O)(O)O. The highest BCUT2D eigenvalue weighted by atomic mass is 35.5. The summed E-state index contributed by atoms with van der Waals surface area (Å²) >= 11 is 8.02. The highest BCUT2D eigenvalue weighted by Crippen LogP contribution is 2.58. The van der Waals surface area contributed by atoms with Crippen molar-refractivity contribution in [2.24, 2.45) is 5.73 Å². The molecule has 0 aromatic heterocycles. The van der Waals surface area contributed by atoms with E-state index in [0.717, 1.165) is 22.6 Å². The van der Waals surface area contributed by atoms with Crippen molar-refractivity contribution < 1.29 is 14.4 Å². The third-order valence-corrected chi connectivity index (χ3v) is 7.41. The molecule has 2 rings (SSSR count). The lowest BCUT2D eigenvalue weighted by molar-refractivity contribution is 0.311. The van der Waals surface area contributed by atoms with Crippen LogP contribution in [0.1, 0.15) is 50.4 Å². The molecule has 4 nitrogen and oxygen atoms in total. The topological polar surface area (TPSA) is 83.6 Å². The van der Waals surface area contributed by atoms with Crippen LogP contribution in [0.5, 0.6) is 0 Å². The minimum absolute atomic E-state index is 0.327. The molecule has 0 aliphatic carbocycles. The zero-order valence-corrected chi connectivity index (χ0v) is 18.3. The summed E-state index contributed by atoms with van der Waals surface area (Å²) in [5.74, 6) is 0. The Labute approximate surface area is 170 Å². The Bertz CT molecular complexity index is 838. The van der Waals surface area contributed by atoms with Gasteiger partial charge in [0.25, 0.3) is 0 Å². The summed E-state index contributed by atoms with van der Waals surface area (Å²) in [6.45, 7) is 5.72. The van der Waals surface area contributed by atoms with E-state index in [-0.39, 0.29) is 0 Å². The van der Waals surface area contributed by atoms with Gasteiger partial charge >= 0.3 is 7.60 Å². The van der Waals surface area contributed by atoms with Crippen molar-refractivity contribution >= 4 is 31.0 Å². The second-order valence-corrected chi connectivity index (χ2v) is 10.3. The van der Waals surface area contributed by atoms with E-state index < -0.39 is 18.8 Å². The standard InChI is InChI=1S/C20H27ClNO3PS/c1-4-11-20(3,22)19(26(23,24)25)17-10-9-16(13-18(17)21)27-15-8-6-7-14(5-2)12-15/h6-10,12-13,19H,4-5,11,22H2,1-3H3,(H2,23,24,25)/t19-,20+/m0/s1. The molecule has 2 aromatic carbocycles. The van der Waals surface area contributed by atoms with Gasteiger partial charge in [-0.15, -0.1) is 0 Å². The van der Waals surface area contributed by atoms with E-state index in [1.54, 1.807) is 30.8 Å². The predicted octanol–water partition coefficient (Wildman–Crippen LogP) is 5.79. The molecule has 0 unspecified atom stereocenters. The summed E-state index contributed by atoms with van der Waals surface area (Å²) in [5, 5.41) is 0.327. The number of hydrogen-bond donors (Lipinski definition) is 3. The first-order chi connectivity index (χ1) is 12.6. The molecular weight excluding hydrogens is 401 g/mol. The zero-order chi connectivity index (χ0) is 20.2. The zero-order valence-electron chi connectivity index (χ0n) is 15.9. The third kappa shape index (κ3) is 5.83. The van der Waals surface area contributed by atoms with Crippen LogP contribution < -0.4 is 5.73 Å². The second kappa shape index (κ2) is 9.13. The molecule has 0 spiro atoms. The van der Waals surface area contributed by atoms with Gasteiger partial charge in [0.15, 0.2) is 0 Å². The van der Waals surface area contributed by atoms with Crippen LogP contribution in [-0.4, -0.2) is 15.3 Å². The van der Waals surface area contributed by atoms with E-state index in [1.807, 2.05) is 25.1 Å². The van der Waals surface area contributed by atoms with Crippen LogP contribution in [0, 0.1) is 0 Å². The normalized spacial score (nSPS) is 15.4. The van der Waals surface area contributed by atoms with Gasteiger partial charge in [0.1, 0.15) is 5.66 Å². The molecule has 0 heterocycles. The fourth-order valence-electron chi connectivity index (χ4n) is 3.35. The maximum atomic E-state index is 12.2. The number of nitrogens with two attached hydrogens (primary N) is 1. The smallest absolute Gasteiger partial charge is 0.324 e. The Morgan fingerprint density at radius 2 is 1.85 bits per heavy atom. The van der Waals surface area contributed by atoms with Gasteiger partial charge in [0.05, 0.1) is 0 Å². The van der Waals surface area contributed by atoms with Crippen LogP contribution in [0.4, 0.5) is 0 Å². The van der Waals surface area contributed by atoms with Crippen LogP contribution in [0.25, 0.3) is 0 Å². The highest BCUT2D eigenvalue weighted by Gasteiger charge is 2.44. The molecular formula is C20H27ClNO3PS. The number of aryl methyl sites for hydroxylation is 1. The molecule has 4 N–H and O–H groups in total. The van der Waals surface area contributed by atoms with E-state index in [2.05, 4.69) is 19.1 Å². The van der Waals surface area contributed by atoms with E-state index >= 15 is 0 Å². The summed E-state index contributed by atoms with van der Waals surface area (Å²) in [4.78, 5) is 21.9. The Morgan fingerprint density at radius 3 is 2.41 bits per heavy atom. The Hall–Kier alpha value is -0.810. The minimum atomic E-state index is -4.48. The maximum absolute atomic E-state index is 12.2. The average molecular weight is 428 g/mol. The highest BCUT2D eigenvalue weighted by molar-refractivity contribution is 7.99. The summed E-state index contributed by atoms with van der Waals surface area (Å²) in [5.41, 5.74) is 5.75. The van der Waals surface area contributed by atoms with Crippen LogP contribution in [-0.2, 0) is 11.0 Å². The Morgan fingerprint density at radius 1 is 1.19 bits per heavy atom. The van der Waals surface area contributed by atoms with Crippen molar-refractivity contribution in [2.45, 2.75) is 61.0 Å². The van der Waals surface area contributed by atoms with Crippen LogP contribution in [0.15, 0.2) is 52.3 Å². The first-order valence-corrected chi connectivity index (χ1v) is 11.9. The number of halogens is 1. The number of rotatable bonds is 8. The van der Waals surface area contributed by atoms with Crippen molar-refractivity contribution in [3.63, 3.8) is 0 Å². The van der Waals surface area contributed by atoms with Crippen molar-refractivity contribution in [1.29, 1.82) is 0 Å². The Balaban J connectivity index is 2.37. The van der Waals surface area contributed by atoms with Gasteiger partial charge in [-0.05, 0) is 55.2 Å². The largest absolute Gasteiger partial charge is 0.334 e. The van der Waals surface area contributed by atoms with E-state index in [0.29, 0.717) is 17.0 Å². The van der Waals surface area contributed by atoms with Crippen molar-refractivity contribution in [3.8, 4) is 0 Å². The molecule has 148 valence electrons. The maximum Gasteiger partial charge on any atom is 0.334 e. The van der Waals surface area contributed by atoms with Gasteiger partial charge in [-0.1, -0.05) is 61.8 Å². The fourth-order valence-corrected chi connectivity index (χ4v) is 6.21. The van der Waals surface area contributed by atoms with Crippen molar-refractivity contribution in [1.82, 2.24) is 0 Å². The van der Waals surface area contributed by atoms with Gasteiger partial charge in [0, 0.05) is 20.4 Å². The van der Waals surface area contributed by atoms with Crippen LogP contribution >= 0.6 is 31.0 Å². The summed E-state index contributed by atoms with van der Waals surface area (Å²) in [7, 11) is -4.48. The van der Waals surface area contributed by atoms with E-state index in [1.165, 1.54) is 5.56 Å². The molecule has 0 amide bonds. The molecule has 0 aliphatic heterocycles. The van der Waals surface area contributed by atoms with Crippen LogP contribution in [0.3, 0.4) is 0 Å². The Kier molecular flexibility index (Phi) is 7.60. The lowest BCUT2D eigenvalue weighted by Gasteiger charge is -2.35. The molecule has 27 heavy (non-hydrogen) atoms. The number of benzene rings is 2. The fraction of sp³-hybridized carbons (Fsp3) is 0.400. The summed E-state index contributed by atoms with van der Waals surface area (Å²) < 4.78 is 12.2. The third-order valence-electron chi connectivity index (χ3n) is 4.56. The average Bonchev–Trinajstić information content (AvgIpc) is 2.56. The second-order valence-electron chi connectivity index (χ2n) is 7.03. The predicted molar refractivity (Wildman–Crippen MR) is 114 cm³/mol. The molecule has 0 aliphatic rings. The lowest BCUT2D eigenvalue weighted by Crippen LogP contribution is -2.42. The molecule has 7 heteroatoms. The quantitative estimate of drug-likeness (QED) is 0.464. The van der Waals surface area contributed by atoms with Crippen LogP contribution in [0.2, 0.25) is 5.02 Å². The van der Waals surface area contributed by atoms with Crippen molar-refractivity contribution in [3.05, 3.63) is 58.6 Å². The van der Waals surface area contributed by atoms with Gasteiger partial charge in [-0.3, -0.25) is 4.57 Å². The van der Waals surface area contributed by atoms with Gasteiger partial charge in [-0.2, -0.15) is 0 Å². The summed E-state index contributed by atoms with van der Waals surface area (Å²) in [6, 6.07) is 13.6. The van der Waals surface area contributed by atoms with E-state index in [9.17, 15) is 14.4 Å². The van der Waals surface area contributed by atoms with Gasteiger partial charge in [0.2, 0.25) is 0 Å². The van der Waals surface area contributed by atoms with Gasteiger partial charge in [-0.25, -0.2) is 0 Å². The van der Waals surface area contributed by atoms with E-state index in [4.69, 9.17) is 17.3 Å². The monoisotopic (exact) mass is 427 g/mol. The van der Waals surface area contributed by atoms with Gasteiger partial charge < -0.3 is 15.5 Å². The molecule has 0 bridgehead atoms. The first-order valence-electron chi connectivity index (χ1n) is 8.98.